The Labute approximate surface area is 213 Å². The third-order valence-corrected chi connectivity index (χ3v) is 5.65. The molecule has 0 saturated carbocycles. The minimum Gasteiger partial charge on any atom is -0.388 e. The molecule has 1 amide bonds. The van der Waals surface area contributed by atoms with Gasteiger partial charge < -0.3 is 24.6 Å². The van der Waals surface area contributed by atoms with E-state index in [0.29, 0.717) is 6.61 Å². The molecule has 6 heteroatoms. The van der Waals surface area contributed by atoms with Gasteiger partial charge in [-0.3, -0.25) is 4.79 Å². The molecule has 0 aliphatic heterocycles. The van der Waals surface area contributed by atoms with Crippen molar-refractivity contribution in [1.29, 1.82) is 0 Å². The zero-order chi connectivity index (χ0) is 25.6. The SMILES string of the molecule is C=C[C@H](NC(C)=O)[C@@H](OCc1ccccc1)[C@H](OCc1ccccc1)[C@H](O)COCc1ccccc1. The summed E-state index contributed by atoms with van der Waals surface area (Å²) in [4.78, 5) is 12.0. The second-order valence-electron chi connectivity index (χ2n) is 8.55. The van der Waals surface area contributed by atoms with Crippen LogP contribution in [0.25, 0.3) is 0 Å². The van der Waals surface area contributed by atoms with Crippen molar-refractivity contribution in [2.45, 2.75) is 51.1 Å². The quantitative estimate of drug-likeness (QED) is 0.309. The van der Waals surface area contributed by atoms with E-state index in [1.807, 2.05) is 91.0 Å². The van der Waals surface area contributed by atoms with Crippen molar-refractivity contribution >= 4 is 5.91 Å². The van der Waals surface area contributed by atoms with Crippen molar-refractivity contribution in [3.8, 4) is 0 Å². The highest BCUT2D eigenvalue weighted by molar-refractivity contribution is 5.73. The largest absolute Gasteiger partial charge is 0.388 e. The lowest BCUT2D eigenvalue weighted by Gasteiger charge is -2.35. The molecule has 0 aliphatic carbocycles. The number of hydrogen-bond acceptors (Lipinski definition) is 5. The van der Waals surface area contributed by atoms with Gasteiger partial charge in [0, 0.05) is 6.92 Å². The van der Waals surface area contributed by atoms with E-state index < -0.39 is 24.4 Å². The van der Waals surface area contributed by atoms with E-state index in [9.17, 15) is 9.90 Å². The molecule has 2 N–H and O–H groups in total. The summed E-state index contributed by atoms with van der Waals surface area (Å²) >= 11 is 0. The Morgan fingerprint density at radius 2 is 1.25 bits per heavy atom. The van der Waals surface area contributed by atoms with Crippen molar-refractivity contribution in [3.63, 3.8) is 0 Å². The number of carbonyl (C=O) groups is 1. The first-order valence-electron chi connectivity index (χ1n) is 12.1. The third-order valence-electron chi connectivity index (χ3n) is 5.65. The minimum absolute atomic E-state index is 0.0312. The van der Waals surface area contributed by atoms with E-state index in [-0.39, 0.29) is 25.7 Å². The lowest BCUT2D eigenvalue weighted by atomic mass is 10.00. The number of nitrogens with one attached hydrogen (secondary N) is 1. The summed E-state index contributed by atoms with van der Waals surface area (Å²) in [5.41, 5.74) is 2.92. The Kier molecular flexibility index (Phi) is 11.3. The van der Waals surface area contributed by atoms with Crippen LogP contribution in [0.3, 0.4) is 0 Å². The van der Waals surface area contributed by atoms with Crippen LogP contribution >= 0.6 is 0 Å². The highest BCUT2D eigenvalue weighted by Gasteiger charge is 2.36. The molecule has 0 aliphatic rings. The number of hydrogen-bond donors (Lipinski definition) is 2. The summed E-state index contributed by atoms with van der Waals surface area (Å²) in [6.45, 7) is 6.25. The van der Waals surface area contributed by atoms with Gasteiger partial charge in [0.1, 0.15) is 18.3 Å². The summed E-state index contributed by atoms with van der Waals surface area (Å²) < 4.78 is 18.4. The summed E-state index contributed by atoms with van der Waals surface area (Å²) in [6, 6.07) is 28.6. The maximum absolute atomic E-state index is 12.0. The summed E-state index contributed by atoms with van der Waals surface area (Å²) in [7, 11) is 0. The van der Waals surface area contributed by atoms with E-state index in [4.69, 9.17) is 14.2 Å². The van der Waals surface area contributed by atoms with Crippen LogP contribution in [0.5, 0.6) is 0 Å². The predicted octanol–water partition coefficient (Wildman–Crippen LogP) is 4.43. The summed E-state index contributed by atoms with van der Waals surface area (Å²) in [5.74, 6) is -0.232. The second-order valence-corrected chi connectivity index (χ2v) is 8.55. The van der Waals surface area contributed by atoms with Gasteiger partial charge in [-0.2, -0.15) is 0 Å². The molecule has 0 saturated heterocycles. The zero-order valence-corrected chi connectivity index (χ0v) is 20.7. The number of benzene rings is 3. The molecule has 6 nitrogen and oxygen atoms in total. The molecule has 0 unspecified atom stereocenters. The average molecular weight is 490 g/mol. The van der Waals surface area contributed by atoms with Crippen LogP contribution in [0.15, 0.2) is 104 Å². The van der Waals surface area contributed by atoms with E-state index in [1.165, 1.54) is 6.92 Å². The lowest BCUT2D eigenvalue weighted by Crippen LogP contribution is -2.53. The Morgan fingerprint density at radius 1 is 0.806 bits per heavy atom. The zero-order valence-electron chi connectivity index (χ0n) is 20.7. The van der Waals surface area contributed by atoms with Gasteiger partial charge in [-0.15, -0.1) is 6.58 Å². The fourth-order valence-corrected chi connectivity index (χ4v) is 3.84. The van der Waals surface area contributed by atoms with Crippen molar-refractivity contribution in [3.05, 3.63) is 120 Å². The maximum atomic E-state index is 12.0. The Hall–Kier alpha value is -3.29. The molecule has 190 valence electrons. The number of aliphatic hydroxyl groups is 1. The minimum atomic E-state index is -1.02. The van der Waals surface area contributed by atoms with Crippen molar-refractivity contribution in [2.75, 3.05) is 6.61 Å². The van der Waals surface area contributed by atoms with E-state index in [0.717, 1.165) is 16.7 Å². The number of amides is 1. The molecule has 3 aromatic rings. The first-order chi connectivity index (χ1) is 17.6. The molecular weight excluding hydrogens is 454 g/mol. The van der Waals surface area contributed by atoms with E-state index in [2.05, 4.69) is 11.9 Å². The van der Waals surface area contributed by atoms with Crippen molar-refractivity contribution < 1.29 is 24.1 Å². The second kappa shape index (κ2) is 15.0. The molecule has 4 atom stereocenters. The van der Waals surface area contributed by atoms with Gasteiger partial charge in [0.05, 0.1) is 32.5 Å². The van der Waals surface area contributed by atoms with Gasteiger partial charge in [-0.1, -0.05) is 97.1 Å². The molecular formula is C30H35NO5. The maximum Gasteiger partial charge on any atom is 0.217 e. The number of ether oxygens (including phenoxy) is 3. The van der Waals surface area contributed by atoms with Gasteiger partial charge in [-0.05, 0) is 16.7 Å². The van der Waals surface area contributed by atoms with Gasteiger partial charge in [0.15, 0.2) is 0 Å². The van der Waals surface area contributed by atoms with Crippen LogP contribution in [0, 0.1) is 0 Å². The standard InChI is InChI=1S/C30H35NO5/c1-3-27(31-23(2)32)29(35-20-25-15-9-5-10-16-25)30(36-21-26-17-11-6-12-18-26)28(33)22-34-19-24-13-7-4-8-14-24/h3-18,27-30,33H,1,19-22H2,2H3,(H,31,32)/t27-,28+,29+,30+/m0/s1. The number of aliphatic hydroxyl groups excluding tert-OH is 1. The average Bonchev–Trinajstić information content (AvgIpc) is 2.91. The van der Waals surface area contributed by atoms with Gasteiger partial charge >= 0.3 is 0 Å². The Morgan fingerprint density at radius 3 is 1.69 bits per heavy atom. The Balaban J connectivity index is 1.79. The van der Waals surface area contributed by atoms with Crippen LogP contribution in [-0.2, 0) is 38.8 Å². The normalized spacial score (nSPS) is 14.4. The molecule has 0 aromatic heterocycles. The molecule has 0 heterocycles. The fourth-order valence-electron chi connectivity index (χ4n) is 3.84. The molecule has 0 radical (unpaired) electrons. The summed E-state index contributed by atoms with van der Waals surface area (Å²) in [5, 5.41) is 14.1. The van der Waals surface area contributed by atoms with Crippen LogP contribution in [0.1, 0.15) is 23.6 Å². The molecule has 0 spiro atoms. The first-order valence-corrected chi connectivity index (χ1v) is 12.1. The first kappa shape index (κ1) is 27.3. The van der Waals surface area contributed by atoms with E-state index >= 15 is 0 Å². The lowest BCUT2D eigenvalue weighted by molar-refractivity contribution is -0.154. The highest BCUT2D eigenvalue weighted by atomic mass is 16.6. The monoisotopic (exact) mass is 489 g/mol. The molecule has 3 rings (SSSR count). The van der Waals surface area contributed by atoms with Crippen LogP contribution in [0.2, 0.25) is 0 Å². The van der Waals surface area contributed by atoms with Crippen molar-refractivity contribution in [1.82, 2.24) is 5.32 Å². The van der Waals surface area contributed by atoms with Gasteiger partial charge in [-0.25, -0.2) is 0 Å². The van der Waals surface area contributed by atoms with Crippen LogP contribution in [-0.4, -0.2) is 42.0 Å². The fraction of sp³-hybridized carbons (Fsp3) is 0.300. The molecule has 36 heavy (non-hydrogen) atoms. The summed E-state index contributed by atoms with van der Waals surface area (Å²) in [6.07, 6.45) is -0.937. The number of carbonyl (C=O) groups excluding carboxylic acids is 1. The molecule has 3 aromatic carbocycles. The van der Waals surface area contributed by atoms with Crippen LogP contribution < -0.4 is 5.32 Å². The van der Waals surface area contributed by atoms with Crippen molar-refractivity contribution in [2.24, 2.45) is 0 Å². The topological polar surface area (TPSA) is 77.0 Å². The van der Waals surface area contributed by atoms with Crippen LogP contribution in [0.4, 0.5) is 0 Å². The van der Waals surface area contributed by atoms with E-state index in [1.54, 1.807) is 6.08 Å². The predicted molar refractivity (Wildman–Crippen MR) is 140 cm³/mol. The smallest absolute Gasteiger partial charge is 0.217 e. The van der Waals surface area contributed by atoms with Gasteiger partial charge in [0.25, 0.3) is 0 Å². The Bertz CT molecular complexity index is 1030. The molecule has 0 fully saturated rings. The highest BCUT2D eigenvalue weighted by Crippen LogP contribution is 2.19. The molecule has 0 bridgehead atoms. The third kappa shape index (κ3) is 9.06. The van der Waals surface area contributed by atoms with Gasteiger partial charge in [0.2, 0.25) is 5.91 Å². The number of rotatable bonds is 15.